The van der Waals surface area contributed by atoms with Gasteiger partial charge in [0.1, 0.15) is 0 Å². The molecule has 0 aliphatic carbocycles. The van der Waals surface area contributed by atoms with Crippen molar-refractivity contribution in [3.8, 4) is 56.4 Å². The van der Waals surface area contributed by atoms with Gasteiger partial charge in [0.25, 0.3) is 0 Å². The molecule has 8 bridgehead atoms. The van der Waals surface area contributed by atoms with E-state index >= 15 is 0 Å². The third-order valence-corrected chi connectivity index (χ3v) is 9.06. The average Bonchev–Trinajstić information content (AvgIpc) is 3.42. The highest BCUT2D eigenvalue weighted by Crippen LogP contribution is 2.43. The van der Waals surface area contributed by atoms with Crippen LogP contribution in [0.2, 0.25) is 0 Å². The second-order valence-electron chi connectivity index (χ2n) is 14.3. The van der Waals surface area contributed by atoms with E-state index in [9.17, 15) is 0 Å². The molecule has 4 heteroatoms. The van der Waals surface area contributed by atoms with E-state index in [1.54, 1.807) is 0 Å². The zero-order valence-electron chi connectivity index (χ0n) is 26.7. The van der Waals surface area contributed by atoms with Crippen LogP contribution in [0.4, 0.5) is 0 Å². The lowest BCUT2D eigenvalue weighted by atomic mass is 9.83. The SMILES string of the molecule is CC(C)(C)c1cc2c3[nH]c4c(cc(C(C)(C)C)cc4c3c1)-c1cccc(n1)-c1cc(-c3ccccc3)cc(n1)-c1cccc-2n1. The molecule has 0 fully saturated rings. The number of nitrogens with zero attached hydrogens (tertiary/aromatic N) is 3. The Balaban J connectivity index is 1.55. The molecule has 220 valence electrons. The maximum absolute atomic E-state index is 5.29. The first kappa shape index (κ1) is 27.5. The molecule has 1 aliphatic heterocycles. The van der Waals surface area contributed by atoms with E-state index < -0.39 is 0 Å². The van der Waals surface area contributed by atoms with Crippen LogP contribution in [-0.2, 0) is 10.8 Å². The van der Waals surface area contributed by atoms with Gasteiger partial charge in [-0.05, 0) is 93.7 Å². The van der Waals surface area contributed by atoms with Crippen LogP contribution in [0.1, 0.15) is 52.7 Å². The molecule has 0 saturated heterocycles. The van der Waals surface area contributed by atoms with E-state index in [1.165, 1.54) is 21.9 Å². The van der Waals surface area contributed by atoms with Crippen molar-refractivity contribution in [3.63, 3.8) is 0 Å². The number of aromatic amines is 1. The van der Waals surface area contributed by atoms with Gasteiger partial charge in [0.2, 0.25) is 0 Å². The zero-order valence-corrected chi connectivity index (χ0v) is 26.7. The van der Waals surface area contributed by atoms with Crippen molar-refractivity contribution in [1.29, 1.82) is 0 Å². The van der Waals surface area contributed by atoms with Crippen molar-refractivity contribution in [3.05, 3.63) is 114 Å². The number of hydrogen-bond donors (Lipinski definition) is 1. The van der Waals surface area contributed by atoms with Crippen molar-refractivity contribution in [2.75, 3.05) is 0 Å². The van der Waals surface area contributed by atoms with Crippen molar-refractivity contribution >= 4 is 21.8 Å². The number of nitrogens with one attached hydrogen (secondary N) is 1. The predicted molar refractivity (Wildman–Crippen MR) is 187 cm³/mol. The fourth-order valence-electron chi connectivity index (χ4n) is 6.42. The van der Waals surface area contributed by atoms with Gasteiger partial charge in [0, 0.05) is 21.9 Å². The Morgan fingerprint density at radius 3 is 1.33 bits per heavy atom. The van der Waals surface area contributed by atoms with Gasteiger partial charge in [-0.2, -0.15) is 0 Å². The summed E-state index contributed by atoms with van der Waals surface area (Å²) >= 11 is 0. The number of H-pyrrole nitrogens is 1. The molecule has 5 heterocycles. The maximum atomic E-state index is 5.29. The number of aromatic nitrogens is 4. The molecule has 8 rings (SSSR count). The first-order valence-electron chi connectivity index (χ1n) is 15.7. The molecule has 0 unspecified atom stereocenters. The lowest BCUT2D eigenvalue weighted by molar-refractivity contribution is 0.590. The van der Waals surface area contributed by atoms with Gasteiger partial charge in [-0.15, -0.1) is 0 Å². The molecule has 0 atom stereocenters. The molecule has 7 aromatic rings. The molecule has 45 heavy (non-hydrogen) atoms. The summed E-state index contributed by atoms with van der Waals surface area (Å²) in [5, 5.41) is 2.42. The molecule has 0 amide bonds. The Morgan fingerprint density at radius 2 is 0.867 bits per heavy atom. The standard InChI is InChI=1S/C41H36N4/c1-40(2,3)26-20-28-29-21-27(41(4,5)6)23-31-33-15-11-17-35(43-33)37-19-25(24-12-8-7-9-13-24)18-36(44-37)34-16-10-14-32(42-34)30(22-26)38(28)45-39(29)31/h7-23,45H,1-6H3. The maximum Gasteiger partial charge on any atom is 0.0900 e. The quantitative estimate of drug-likeness (QED) is 0.209. The van der Waals surface area contributed by atoms with Gasteiger partial charge >= 0.3 is 0 Å². The smallest absolute Gasteiger partial charge is 0.0900 e. The Morgan fingerprint density at radius 1 is 0.422 bits per heavy atom. The molecular formula is C41H36N4. The van der Waals surface area contributed by atoms with Gasteiger partial charge in [-0.1, -0.05) is 84.0 Å². The van der Waals surface area contributed by atoms with Crippen molar-refractivity contribution in [1.82, 2.24) is 19.9 Å². The van der Waals surface area contributed by atoms with E-state index in [0.29, 0.717) is 0 Å². The topological polar surface area (TPSA) is 54.5 Å². The molecule has 0 saturated carbocycles. The average molecular weight is 585 g/mol. The van der Waals surface area contributed by atoms with Gasteiger partial charge in [0.15, 0.2) is 0 Å². The molecule has 0 spiro atoms. The van der Waals surface area contributed by atoms with Crippen LogP contribution in [0.15, 0.2) is 103 Å². The van der Waals surface area contributed by atoms with Crippen LogP contribution in [0.3, 0.4) is 0 Å². The molecule has 0 radical (unpaired) electrons. The van der Waals surface area contributed by atoms with E-state index in [2.05, 4.69) is 144 Å². The Kier molecular flexibility index (Phi) is 5.92. The number of benzene rings is 3. The number of hydrogen-bond acceptors (Lipinski definition) is 3. The molecular weight excluding hydrogens is 548 g/mol. The number of pyridine rings is 3. The number of fused-ring (bicyclic) bond motifs is 11. The van der Waals surface area contributed by atoms with Crippen LogP contribution < -0.4 is 0 Å². The minimum absolute atomic E-state index is 0.0477. The number of rotatable bonds is 1. The molecule has 3 aromatic carbocycles. The third kappa shape index (κ3) is 4.64. The van der Waals surface area contributed by atoms with Gasteiger partial charge in [-0.25, -0.2) is 15.0 Å². The van der Waals surface area contributed by atoms with Crippen molar-refractivity contribution < 1.29 is 0 Å². The first-order chi connectivity index (χ1) is 21.5. The second-order valence-corrected chi connectivity index (χ2v) is 14.3. The summed E-state index contributed by atoms with van der Waals surface area (Å²) in [6, 6.07) is 36.7. The van der Waals surface area contributed by atoms with Crippen LogP contribution in [0.25, 0.3) is 78.2 Å². The van der Waals surface area contributed by atoms with Crippen molar-refractivity contribution in [2.24, 2.45) is 0 Å². The highest BCUT2D eigenvalue weighted by atomic mass is 14.8. The first-order valence-corrected chi connectivity index (χ1v) is 15.7. The lowest BCUT2D eigenvalue weighted by Crippen LogP contribution is -2.11. The lowest BCUT2D eigenvalue weighted by Gasteiger charge is -2.21. The summed E-state index contributed by atoms with van der Waals surface area (Å²) in [6.07, 6.45) is 0. The summed E-state index contributed by atoms with van der Waals surface area (Å²) in [5.74, 6) is 0. The highest BCUT2D eigenvalue weighted by Gasteiger charge is 2.24. The predicted octanol–water partition coefficient (Wildman–Crippen LogP) is 10.7. The van der Waals surface area contributed by atoms with E-state index in [1.807, 2.05) is 6.07 Å². The van der Waals surface area contributed by atoms with Gasteiger partial charge in [-0.3, -0.25) is 0 Å². The second kappa shape index (κ2) is 9.70. The fourth-order valence-corrected chi connectivity index (χ4v) is 6.42. The van der Waals surface area contributed by atoms with Gasteiger partial charge < -0.3 is 4.98 Å². The van der Waals surface area contributed by atoms with Crippen LogP contribution in [0.5, 0.6) is 0 Å². The Labute approximate surface area is 264 Å². The van der Waals surface area contributed by atoms with Crippen LogP contribution in [-0.4, -0.2) is 19.9 Å². The molecule has 4 nitrogen and oxygen atoms in total. The molecule has 1 N–H and O–H groups in total. The van der Waals surface area contributed by atoms with E-state index in [0.717, 1.165) is 67.5 Å². The summed E-state index contributed by atoms with van der Waals surface area (Å²) < 4.78 is 0. The minimum atomic E-state index is -0.0477. The Hall–Kier alpha value is -5.09. The Bertz CT molecular complexity index is 2140. The van der Waals surface area contributed by atoms with Crippen molar-refractivity contribution in [2.45, 2.75) is 52.4 Å². The summed E-state index contributed by atoms with van der Waals surface area (Å²) in [7, 11) is 0. The summed E-state index contributed by atoms with van der Waals surface area (Å²) in [4.78, 5) is 19.7. The van der Waals surface area contributed by atoms with E-state index in [4.69, 9.17) is 15.0 Å². The summed E-state index contributed by atoms with van der Waals surface area (Å²) in [6.45, 7) is 13.7. The largest absolute Gasteiger partial charge is 0.353 e. The molecule has 4 aromatic heterocycles. The van der Waals surface area contributed by atoms with Crippen LogP contribution in [0, 0.1) is 0 Å². The van der Waals surface area contributed by atoms with Gasteiger partial charge in [0.05, 0.1) is 45.2 Å². The monoisotopic (exact) mass is 584 g/mol. The fraction of sp³-hybridized carbons (Fsp3) is 0.195. The summed E-state index contributed by atoms with van der Waals surface area (Å²) in [5.41, 5.74) is 14.2. The zero-order chi connectivity index (χ0) is 31.1. The molecule has 1 aliphatic rings. The third-order valence-electron chi connectivity index (χ3n) is 9.06. The van der Waals surface area contributed by atoms with Crippen LogP contribution >= 0.6 is 0 Å². The minimum Gasteiger partial charge on any atom is -0.353 e. The van der Waals surface area contributed by atoms with E-state index in [-0.39, 0.29) is 10.8 Å². The highest BCUT2D eigenvalue weighted by molar-refractivity contribution is 6.15. The normalized spacial score (nSPS) is 12.7.